The molecule has 0 saturated heterocycles. The summed E-state index contributed by atoms with van der Waals surface area (Å²) in [6.07, 6.45) is 0. The van der Waals surface area contributed by atoms with Gasteiger partial charge in [0.15, 0.2) is 5.16 Å². The molecule has 0 aliphatic carbocycles. The van der Waals surface area contributed by atoms with Crippen molar-refractivity contribution in [3.63, 3.8) is 0 Å². The molecule has 0 radical (unpaired) electrons. The van der Waals surface area contributed by atoms with E-state index in [-0.39, 0.29) is 16.3 Å². The minimum atomic E-state index is -1.08. The quantitative estimate of drug-likeness (QED) is 0.835. The Kier molecular flexibility index (Phi) is 3.38. The Morgan fingerprint density at radius 2 is 2.05 bits per heavy atom. The van der Waals surface area contributed by atoms with Crippen molar-refractivity contribution in [2.45, 2.75) is 24.0 Å². The highest BCUT2D eigenvalue weighted by Gasteiger charge is 2.20. The minimum absolute atomic E-state index is 0.0768. The molecule has 0 unspecified atom stereocenters. The molecule has 19 heavy (non-hydrogen) atoms. The maximum atomic E-state index is 11.3. The lowest BCUT2D eigenvalue weighted by Gasteiger charge is -2.07. The van der Waals surface area contributed by atoms with Crippen molar-refractivity contribution >= 4 is 17.7 Å². The summed E-state index contributed by atoms with van der Waals surface area (Å²) < 4.78 is 1.27. The summed E-state index contributed by atoms with van der Waals surface area (Å²) in [5, 5.41) is 23.6. The highest BCUT2D eigenvalue weighted by molar-refractivity contribution is 7.99. The summed E-state index contributed by atoms with van der Waals surface area (Å²) in [5.41, 5.74) is 0.798. The van der Waals surface area contributed by atoms with E-state index in [1.165, 1.54) is 11.6 Å². The zero-order chi connectivity index (χ0) is 14.2. The predicted molar refractivity (Wildman–Crippen MR) is 66.4 cm³/mol. The lowest BCUT2D eigenvalue weighted by atomic mass is 10.1. The second-order valence-corrected chi connectivity index (χ2v) is 4.82. The molecule has 2 N–H and O–H groups in total. The highest BCUT2D eigenvalue weighted by atomic mass is 32.2. The molecule has 2 aromatic heterocycles. The molecule has 0 fully saturated rings. The van der Waals surface area contributed by atoms with E-state index in [0.29, 0.717) is 16.4 Å². The van der Waals surface area contributed by atoms with Gasteiger partial charge in [-0.3, -0.25) is 4.57 Å². The summed E-state index contributed by atoms with van der Waals surface area (Å²) >= 11 is 0.979. The number of carbonyl (C=O) groups is 1. The molecule has 0 atom stereocenters. The monoisotopic (exact) mass is 281 g/mol. The minimum Gasteiger partial charge on any atom is -0.478 e. The fraction of sp³-hybridized carbons (Fsp3) is 0.300. The van der Waals surface area contributed by atoms with Gasteiger partial charge in [0.05, 0.1) is 11.3 Å². The Morgan fingerprint density at radius 3 is 2.58 bits per heavy atom. The van der Waals surface area contributed by atoms with Crippen LogP contribution in [0.15, 0.2) is 15.0 Å². The van der Waals surface area contributed by atoms with Crippen molar-refractivity contribution in [1.29, 1.82) is 0 Å². The number of carboxylic acids is 1. The van der Waals surface area contributed by atoms with Crippen LogP contribution in [0.1, 0.15) is 21.6 Å². The molecule has 2 heterocycles. The lowest BCUT2D eigenvalue weighted by molar-refractivity contribution is 0.0690. The van der Waals surface area contributed by atoms with Crippen LogP contribution in [0.25, 0.3) is 0 Å². The Hall–Kier alpha value is -2.16. The Labute approximate surface area is 111 Å². The van der Waals surface area contributed by atoms with Gasteiger partial charge in [-0.1, -0.05) is 0 Å². The van der Waals surface area contributed by atoms with E-state index in [4.69, 9.17) is 0 Å². The summed E-state index contributed by atoms with van der Waals surface area (Å²) in [6.45, 7) is 3.36. The molecular formula is C10H11N5O3S. The normalized spacial score (nSPS) is 10.7. The molecule has 0 aromatic carbocycles. The fourth-order valence-corrected chi connectivity index (χ4v) is 2.33. The number of nitrogens with one attached hydrogen (secondary N) is 1. The maximum absolute atomic E-state index is 11.3. The second-order valence-electron chi connectivity index (χ2n) is 3.87. The average molecular weight is 281 g/mol. The first-order valence-corrected chi connectivity index (χ1v) is 6.10. The largest absolute Gasteiger partial charge is 0.478 e. The van der Waals surface area contributed by atoms with E-state index in [2.05, 4.69) is 20.4 Å². The Bertz CT molecular complexity index is 706. The zero-order valence-corrected chi connectivity index (χ0v) is 11.3. The molecule has 0 aliphatic heterocycles. The van der Waals surface area contributed by atoms with Gasteiger partial charge in [-0.15, -0.1) is 10.2 Å². The van der Waals surface area contributed by atoms with Gasteiger partial charge in [-0.2, -0.15) is 5.10 Å². The van der Waals surface area contributed by atoms with Gasteiger partial charge in [0, 0.05) is 7.05 Å². The van der Waals surface area contributed by atoms with Crippen LogP contribution in [0.5, 0.6) is 0 Å². The molecule has 8 nitrogen and oxygen atoms in total. The standard InChI is InChI=1S/C10H11N5O3S/c1-4-5(2)11-12-7(6(4)8(16)17)19-10-14-13-9(18)15(10)3/h1-3H3,(H,13,18)(H,16,17). The molecule has 2 rings (SSSR count). The maximum Gasteiger partial charge on any atom is 0.343 e. The zero-order valence-electron chi connectivity index (χ0n) is 10.5. The summed E-state index contributed by atoms with van der Waals surface area (Å²) in [6, 6.07) is 0. The van der Waals surface area contributed by atoms with Crippen LogP contribution in [-0.4, -0.2) is 36.0 Å². The van der Waals surface area contributed by atoms with Crippen LogP contribution >= 0.6 is 11.8 Å². The van der Waals surface area contributed by atoms with Gasteiger partial charge in [0.1, 0.15) is 5.03 Å². The first kappa shape index (κ1) is 13.3. The number of rotatable bonds is 3. The second kappa shape index (κ2) is 4.84. The Balaban J connectivity index is 2.52. The van der Waals surface area contributed by atoms with Gasteiger partial charge in [0.2, 0.25) is 0 Å². The van der Waals surface area contributed by atoms with Gasteiger partial charge >= 0.3 is 11.7 Å². The van der Waals surface area contributed by atoms with Gasteiger partial charge in [0.25, 0.3) is 0 Å². The lowest BCUT2D eigenvalue weighted by Crippen LogP contribution is -2.13. The van der Waals surface area contributed by atoms with E-state index >= 15 is 0 Å². The molecule has 0 saturated carbocycles. The number of aromatic carboxylic acids is 1. The number of hydrogen-bond acceptors (Lipinski definition) is 6. The third kappa shape index (κ3) is 2.36. The van der Waals surface area contributed by atoms with E-state index in [1.807, 2.05) is 0 Å². The summed E-state index contributed by atoms with van der Waals surface area (Å²) in [7, 11) is 1.53. The smallest absolute Gasteiger partial charge is 0.343 e. The average Bonchev–Trinajstić information content (AvgIpc) is 2.65. The van der Waals surface area contributed by atoms with Crippen LogP contribution in [0.3, 0.4) is 0 Å². The van der Waals surface area contributed by atoms with Crippen molar-refractivity contribution in [3.8, 4) is 0 Å². The van der Waals surface area contributed by atoms with Crippen molar-refractivity contribution in [3.05, 3.63) is 27.3 Å². The van der Waals surface area contributed by atoms with Crippen molar-refractivity contribution in [1.82, 2.24) is 25.0 Å². The van der Waals surface area contributed by atoms with Crippen LogP contribution in [0, 0.1) is 13.8 Å². The number of aromatic nitrogens is 5. The molecule has 9 heteroatoms. The van der Waals surface area contributed by atoms with Gasteiger partial charge < -0.3 is 5.11 Å². The first-order valence-electron chi connectivity index (χ1n) is 5.28. The van der Waals surface area contributed by atoms with E-state index < -0.39 is 5.97 Å². The fourth-order valence-electron chi connectivity index (χ4n) is 1.42. The van der Waals surface area contributed by atoms with E-state index in [0.717, 1.165) is 11.8 Å². The number of hydrogen-bond donors (Lipinski definition) is 2. The third-order valence-electron chi connectivity index (χ3n) is 2.66. The van der Waals surface area contributed by atoms with Crippen molar-refractivity contribution < 1.29 is 9.90 Å². The van der Waals surface area contributed by atoms with Crippen LogP contribution < -0.4 is 5.69 Å². The summed E-state index contributed by atoms with van der Waals surface area (Å²) in [4.78, 5) is 22.5. The summed E-state index contributed by atoms with van der Waals surface area (Å²) in [5.74, 6) is -1.08. The molecule has 100 valence electrons. The number of nitrogens with zero attached hydrogens (tertiary/aromatic N) is 4. The van der Waals surface area contributed by atoms with E-state index in [9.17, 15) is 14.7 Å². The van der Waals surface area contributed by atoms with E-state index in [1.54, 1.807) is 13.8 Å². The molecular weight excluding hydrogens is 270 g/mol. The highest BCUT2D eigenvalue weighted by Crippen LogP contribution is 2.28. The van der Waals surface area contributed by atoms with Crippen molar-refractivity contribution in [2.24, 2.45) is 7.05 Å². The molecule has 2 aromatic rings. The molecule has 0 spiro atoms. The van der Waals surface area contributed by atoms with Crippen molar-refractivity contribution in [2.75, 3.05) is 0 Å². The topological polar surface area (TPSA) is 114 Å². The first-order chi connectivity index (χ1) is 8.91. The SMILES string of the molecule is Cc1nnc(Sc2n[nH]c(=O)n2C)c(C(=O)O)c1C. The molecule has 0 amide bonds. The molecule has 0 bridgehead atoms. The number of H-pyrrole nitrogens is 1. The molecule has 0 aliphatic rings. The number of aryl methyl sites for hydroxylation is 1. The predicted octanol–water partition coefficient (Wildman–Crippen LogP) is 0.365. The van der Waals surface area contributed by atoms with Crippen LogP contribution in [0.4, 0.5) is 0 Å². The number of aromatic amines is 1. The third-order valence-corrected chi connectivity index (χ3v) is 3.69. The number of carboxylic acid groups (broad SMARTS) is 1. The van der Waals surface area contributed by atoms with Crippen LogP contribution in [-0.2, 0) is 7.05 Å². The van der Waals surface area contributed by atoms with Crippen LogP contribution in [0.2, 0.25) is 0 Å². The van der Waals surface area contributed by atoms with Gasteiger partial charge in [-0.25, -0.2) is 14.7 Å². The Morgan fingerprint density at radius 1 is 1.37 bits per heavy atom. The van der Waals surface area contributed by atoms with Gasteiger partial charge in [-0.05, 0) is 31.2 Å².